The zero-order valence-corrected chi connectivity index (χ0v) is 8.44. The number of nitrogens with one attached hydrogen (secondary N) is 1. The molecule has 0 radical (unpaired) electrons. The van der Waals surface area contributed by atoms with Crippen LogP contribution in [0.4, 0.5) is 5.69 Å². The molecule has 0 aliphatic carbocycles. The van der Waals surface area contributed by atoms with Crippen LogP contribution in [0.5, 0.6) is 0 Å². The van der Waals surface area contributed by atoms with Gasteiger partial charge >= 0.3 is 11.8 Å². The van der Waals surface area contributed by atoms with Crippen molar-refractivity contribution in [3.8, 4) is 0 Å². The van der Waals surface area contributed by atoms with Gasteiger partial charge < -0.3 is 11.1 Å². The molecule has 16 heavy (non-hydrogen) atoms. The highest BCUT2D eigenvalue weighted by Crippen LogP contribution is 2.22. The zero-order chi connectivity index (χ0) is 11.5. The number of fused-ring (bicyclic) bond motifs is 1. The van der Waals surface area contributed by atoms with E-state index in [4.69, 9.17) is 5.73 Å². The first kappa shape index (κ1) is 10.2. The van der Waals surface area contributed by atoms with Crippen molar-refractivity contribution in [1.82, 2.24) is 0 Å². The summed E-state index contributed by atoms with van der Waals surface area (Å²) >= 11 is 0. The van der Waals surface area contributed by atoms with Crippen LogP contribution in [-0.4, -0.2) is 11.8 Å². The van der Waals surface area contributed by atoms with Crippen LogP contribution in [-0.2, 0) is 9.59 Å². The summed E-state index contributed by atoms with van der Waals surface area (Å²) in [6.45, 7) is 0. The number of amides is 2. The van der Waals surface area contributed by atoms with E-state index < -0.39 is 11.8 Å². The molecule has 0 aliphatic rings. The van der Waals surface area contributed by atoms with Crippen LogP contribution in [0.15, 0.2) is 42.5 Å². The van der Waals surface area contributed by atoms with Crippen LogP contribution in [0, 0.1) is 0 Å². The van der Waals surface area contributed by atoms with Gasteiger partial charge in [-0.3, -0.25) is 9.59 Å². The molecule has 0 saturated carbocycles. The Bertz CT molecular complexity index is 558. The fourth-order valence-electron chi connectivity index (χ4n) is 1.52. The van der Waals surface area contributed by atoms with E-state index in [-0.39, 0.29) is 0 Å². The Morgan fingerprint density at radius 2 is 1.69 bits per heavy atom. The van der Waals surface area contributed by atoms with E-state index in [1.165, 1.54) is 0 Å². The van der Waals surface area contributed by atoms with E-state index >= 15 is 0 Å². The summed E-state index contributed by atoms with van der Waals surface area (Å²) in [6, 6.07) is 13.0. The lowest BCUT2D eigenvalue weighted by Gasteiger charge is -2.06. The van der Waals surface area contributed by atoms with Gasteiger partial charge in [-0.2, -0.15) is 0 Å². The average molecular weight is 214 g/mol. The smallest absolute Gasteiger partial charge is 0.313 e. The molecule has 0 heterocycles. The lowest BCUT2D eigenvalue weighted by Crippen LogP contribution is -2.29. The van der Waals surface area contributed by atoms with Gasteiger partial charge in [0.1, 0.15) is 0 Å². The number of benzene rings is 2. The second kappa shape index (κ2) is 4.02. The Hall–Kier alpha value is -2.36. The highest BCUT2D eigenvalue weighted by atomic mass is 16.2. The second-order valence-electron chi connectivity index (χ2n) is 3.35. The Balaban J connectivity index is 2.45. The normalized spacial score (nSPS) is 10.0. The Morgan fingerprint density at radius 1 is 1.00 bits per heavy atom. The van der Waals surface area contributed by atoms with E-state index in [9.17, 15) is 9.59 Å². The average Bonchev–Trinajstić information content (AvgIpc) is 2.29. The van der Waals surface area contributed by atoms with Crippen molar-refractivity contribution in [3.63, 3.8) is 0 Å². The van der Waals surface area contributed by atoms with Crippen molar-refractivity contribution in [2.24, 2.45) is 5.73 Å². The summed E-state index contributed by atoms with van der Waals surface area (Å²) in [7, 11) is 0. The van der Waals surface area contributed by atoms with E-state index in [0.717, 1.165) is 10.8 Å². The van der Waals surface area contributed by atoms with Gasteiger partial charge in [0, 0.05) is 11.1 Å². The van der Waals surface area contributed by atoms with E-state index in [1.807, 2.05) is 30.3 Å². The summed E-state index contributed by atoms with van der Waals surface area (Å²) in [5.41, 5.74) is 5.46. The molecule has 0 unspecified atom stereocenters. The number of carbonyl (C=O) groups excluding carboxylic acids is 2. The molecule has 0 spiro atoms. The fraction of sp³-hybridized carbons (Fsp3) is 0. The molecule has 0 atom stereocenters. The minimum Gasteiger partial charge on any atom is -0.361 e. The molecule has 4 heteroatoms. The summed E-state index contributed by atoms with van der Waals surface area (Å²) in [5, 5.41) is 4.34. The number of nitrogens with two attached hydrogens (primary N) is 1. The molecule has 2 amide bonds. The predicted molar refractivity (Wildman–Crippen MR) is 61.8 cm³/mol. The molecule has 0 aliphatic heterocycles. The molecule has 0 aromatic heterocycles. The Labute approximate surface area is 92.1 Å². The van der Waals surface area contributed by atoms with Crippen molar-refractivity contribution in [3.05, 3.63) is 42.5 Å². The third-order valence-corrected chi connectivity index (χ3v) is 2.26. The summed E-state index contributed by atoms with van der Waals surface area (Å²) < 4.78 is 0. The highest BCUT2D eigenvalue weighted by molar-refractivity contribution is 6.39. The van der Waals surface area contributed by atoms with Gasteiger partial charge in [-0.05, 0) is 11.5 Å². The van der Waals surface area contributed by atoms with Gasteiger partial charge in [0.15, 0.2) is 0 Å². The maximum absolute atomic E-state index is 11.2. The zero-order valence-electron chi connectivity index (χ0n) is 8.44. The molecule has 2 aromatic carbocycles. The molecule has 0 fully saturated rings. The topological polar surface area (TPSA) is 72.2 Å². The Kier molecular flexibility index (Phi) is 2.55. The molecule has 4 nitrogen and oxygen atoms in total. The lowest BCUT2D eigenvalue weighted by molar-refractivity contribution is -0.134. The lowest BCUT2D eigenvalue weighted by atomic mass is 10.1. The molecule has 0 saturated heterocycles. The van der Waals surface area contributed by atoms with Gasteiger partial charge in [-0.25, -0.2) is 0 Å². The third kappa shape index (κ3) is 1.86. The van der Waals surface area contributed by atoms with Crippen LogP contribution >= 0.6 is 0 Å². The van der Waals surface area contributed by atoms with Crippen LogP contribution in [0.25, 0.3) is 10.8 Å². The molecule has 0 bridgehead atoms. The van der Waals surface area contributed by atoms with Crippen molar-refractivity contribution in [2.75, 3.05) is 5.32 Å². The minimum absolute atomic E-state index is 0.585. The van der Waals surface area contributed by atoms with Crippen LogP contribution in [0.3, 0.4) is 0 Å². The number of rotatable bonds is 1. The van der Waals surface area contributed by atoms with Crippen LogP contribution < -0.4 is 11.1 Å². The van der Waals surface area contributed by atoms with Gasteiger partial charge in [0.25, 0.3) is 0 Å². The maximum Gasteiger partial charge on any atom is 0.313 e. The maximum atomic E-state index is 11.2. The Morgan fingerprint density at radius 3 is 2.44 bits per heavy atom. The number of hydrogen-bond donors (Lipinski definition) is 2. The minimum atomic E-state index is -0.993. The molecule has 80 valence electrons. The number of primary amides is 1. The largest absolute Gasteiger partial charge is 0.361 e. The molecular weight excluding hydrogens is 204 g/mol. The fourth-order valence-corrected chi connectivity index (χ4v) is 1.52. The van der Waals surface area contributed by atoms with E-state index in [2.05, 4.69) is 5.32 Å². The summed E-state index contributed by atoms with van der Waals surface area (Å²) in [5.74, 6) is -1.80. The standard InChI is InChI=1S/C12H10N2O2/c13-11(15)12(16)14-10-7-3-5-8-4-1-2-6-9(8)10/h1-7H,(H2,13,15)(H,14,16). The van der Waals surface area contributed by atoms with Gasteiger partial charge in [-0.1, -0.05) is 36.4 Å². The predicted octanol–water partition coefficient (Wildman–Crippen LogP) is 1.26. The van der Waals surface area contributed by atoms with Crippen molar-refractivity contribution in [2.45, 2.75) is 0 Å². The van der Waals surface area contributed by atoms with Gasteiger partial charge in [0.2, 0.25) is 0 Å². The first-order chi connectivity index (χ1) is 7.68. The SMILES string of the molecule is NC(=O)C(=O)Nc1cccc2ccccc12. The molecule has 3 N–H and O–H groups in total. The molecule has 2 aromatic rings. The van der Waals surface area contributed by atoms with Gasteiger partial charge in [-0.15, -0.1) is 0 Å². The van der Waals surface area contributed by atoms with E-state index in [1.54, 1.807) is 12.1 Å². The summed E-state index contributed by atoms with van der Waals surface area (Å²) in [4.78, 5) is 21.8. The van der Waals surface area contributed by atoms with Crippen molar-refractivity contribution in [1.29, 1.82) is 0 Å². The third-order valence-electron chi connectivity index (χ3n) is 2.26. The van der Waals surface area contributed by atoms with Gasteiger partial charge in [0.05, 0.1) is 0 Å². The van der Waals surface area contributed by atoms with Crippen molar-refractivity contribution < 1.29 is 9.59 Å². The molecular formula is C12H10N2O2. The monoisotopic (exact) mass is 214 g/mol. The second-order valence-corrected chi connectivity index (χ2v) is 3.35. The van der Waals surface area contributed by atoms with Crippen LogP contribution in [0.1, 0.15) is 0 Å². The summed E-state index contributed by atoms with van der Waals surface area (Å²) in [6.07, 6.45) is 0. The first-order valence-electron chi connectivity index (χ1n) is 4.77. The molecule has 2 rings (SSSR count). The number of anilines is 1. The number of hydrogen-bond acceptors (Lipinski definition) is 2. The van der Waals surface area contributed by atoms with E-state index in [0.29, 0.717) is 5.69 Å². The van der Waals surface area contributed by atoms with Crippen LogP contribution in [0.2, 0.25) is 0 Å². The first-order valence-corrected chi connectivity index (χ1v) is 4.77. The van der Waals surface area contributed by atoms with Crippen molar-refractivity contribution >= 4 is 28.3 Å². The number of carbonyl (C=O) groups is 2. The highest BCUT2D eigenvalue weighted by Gasteiger charge is 2.09. The quantitative estimate of drug-likeness (QED) is 0.701.